The molecule has 2 aromatic rings. The molecule has 8 heteroatoms. The minimum atomic E-state index is -0.263. The van der Waals surface area contributed by atoms with Crippen molar-refractivity contribution in [1.29, 1.82) is 0 Å². The second-order valence-electron chi connectivity index (χ2n) is 8.49. The van der Waals surface area contributed by atoms with Crippen LogP contribution in [0, 0.1) is 5.92 Å². The van der Waals surface area contributed by atoms with Crippen LogP contribution in [0.1, 0.15) is 70.2 Å². The fraction of sp³-hybridized carbons (Fsp3) is 0.500. The number of nitrogens with one attached hydrogen (secondary N) is 2. The molecule has 1 aliphatic carbocycles. The molecule has 170 valence electrons. The average Bonchev–Trinajstić information content (AvgIpc) is 3.20. The maximum atomic E-state index is 13.7. The summed E-state index contributed by atoms with van der Waals surface area (Å²) in [6, 6.07) is 3.43. The molecule has 4 rings (SSSR count). The van der Waals surface area contributed by atoms with Gasteiger partial charge in [-0.3, -0.25) is 19.4 Å². The standard InChI is InChI=1S/C24H30N4O3S/c1-2-11-26-21(29)17-8-6-13-28(15-17)24(31)20-18-9-3-4-10-19(18)32-23(20)27-22(30)16-7-5-12-25-14-16/h5,7,12,14,17H,2-4,6,8-11,13,15H2,1H3,(H,26,29)(H,27,30). The fourth-order valence-electron chi connectivity index (χ4n) is 4.48. The van der Waals surface area contributed by atoms with Gasteiger partial charge < -0.3 is 15.5 Å². The van der Waals surface area contributed by atoms with Gasteiger partial charge in [-0.25, -0.2) is 0 Å². The summed E-state index contributed by atoms with van der Waals surface area (Å²) >= 11 is 1.52. The van der Waals surface area contributed by atoms with Crippen molar-refractivity contribution in [2.75, 3.05) is 25.0 Å². The monoisotopic (exact) mass is 454 g/mol. The summed E-state index contributed by atoms with van der Waals surface area (Å²) in [6.07, 6.45) is 9.57. The molecule has 7 nitrogen and oxygen atoms in total. The number of thiophene rings is 1. The number of hydrogen-bond acceptors (Lipinski definition) is 5. The number of anilines is 1. The van der Waals surface area contributed by atoms with Crippen LogP contribution in [0.25, 0.3) is 0 Å². The van der Waals surface area contributed by atoms with Gasteiger partial charge in [0.05, 0.1) is 17.0 Å². The van der Waals surface area contributed by atoms with Crippen LogP contribution in [0.3, 0.4) is 0 Å². The van der Waals surface area contributed by atoms with Crippen molar-refractivity contribution in [2.45, 2.75) is 51.9 Å². The first-order valence-corrected chi connectivity index (χ1v) is 12.3. The number of nitrogens with zero attached hydrogens (tertiary/aromatic N) is 2. The van der Waals surface area contributed by atoms with E-state index < -0.39 is 0 Å². The van der Waals surface area contributed by atoms with Crippen molar-refractivity contribution in [2.24, 2.45) is 5.92 Å². The number of pyridine rings is 1. The normalized spacial score (nSPS) is 18.0. The molecule has 2 aliphatic rings. The van der Waals surface area contributed by atoms with E-state index >= 15 is 0 Å². The van der Waals surface area contributed by atoms with E-state index in [0.29, 0.717) is 35.8 Å². The van der Waals surface area contributed by atoms with Crippen LogP contribution < -0.4 is 10.6 Å². The number of aryl methyl sites for hydroxylation is 1. The molecular weight excluding hydrogens is 424 g/mol. The van der Waals surface area contributed by atoms with Crippen LogP contribution in [0.5, 0.6) is 0 Å². The van der Waals surface area contributed by atoms with Crippen molar-refractivity contribution in [3.8, 4) is 0 Å². The minimum Gasteiger partial charge on any atom is -0.356 e. The van der Waals surface area contributed by atoms with Gasteiger partial charge >= 0.3 is 0 Å². The number of aromatic nitrogens is 1. The number of amides is 3. The van der Waals surface area contributed by atoms with Crippen molar-refractivity contribution in [3.63, 3.8) is 0 Å². The fourth-order valence-corrected chi connectivity index (χ4v) is 5.76. The Morgan fingerprint density at radius 1 is 1.22 bits per heavy atom. The summed E-state index contributed by atoms with van der Waals surface area (Å²) in [7, 11) is 0. The van der Waals surface area contributed by atoms with E-state index in [2.05, 4.69) is 15.6 Å². The predicted octanol–water partition coefficient (Wildman–Crippen LogP) is 3.65. The van der Waals surface area contributed by atoms with Crippen LogP contribution in [-0.2, 0) is 17.6 Å². The Morgan fingerprint density at radius 2 is 2.06 bits per heavy atom. The lowest BCUT2D eigenvalue weighted by atomic mass is 9.93. The molecule has 1 fully saturated rings. The van der Waals surface area contributed by atoms with Crippen LogP contribution in [0.4, 0.5) is 5.00 Å². The molecule has 0 bridgehead atoms. The summed E-state index contributed by atoms with van der Waals surface area (Å²) in [6.45, 7) is 3.75. The molecule has 2 aromatic heterocycles. The SMILES string of the molecule is CCCNC(=O)C1CCCN(C(=O)c2c(NC(=O)c3cccnc3)sc3c2CCCC3)C1. The number of carbonyl (C=O) groups excluding carboxylic acids is 3. The van der Waals surface area contributed by atoms with Gasteiger partial charge in [-0.1, -0.05) is 6.92 Å². The molecule has 0 aromatic carbocycles. The Bertz CT molecular complexity index is 989. The van der Waals surface area contributed by atoms with E-state index in [9.17, 15) is 14.4 Å². The average molecular weight is 455 g/mol. The Hall–Kier alpha value is -2.74. The lowest BCUT2D eigenvalue weighted by Gasteiger charge is -2.32. The number of hydrogen-bond donors (Lipinski definition) is 2. The highest BCUT2D eigenvalue weighted by atomic mass is 32.1. The minimum absolute atomic E-state index is 0.0294. The highest BCUT2D eigenvalue weighted by Gasteiger charge is 2.33. The van der Waals surface area contributed by atoms with Crippen LogP contribution in [-0.4, -0.2) is 47.2 Å². The molecule has 0 spiro atoms. The van der Waals surface area contributed by atoms with Crippen molar-refractivity contribution in [3.05, 3.63) is 46.1 Å². The first kappa shape index (κ1) is 22.5. The van der Waals surface area contributed by atoms with E-state index in [0.717, 1.165) is 50.5 Å². The molecule has 1 aliphatic heterocycles. The van der Waals surface area contributed by atoms with Crippen LogP contribution in [0.2, 0.25) is 0 Å². The van der Waals surface area contributed by atoms with Gasteiger partial charge in [-0.05, 0) is 62.6 Å². The van der Waals surface area contributed by atoms with Gasteiger partial charge in [0.25, 0.3) is 11.8 Å². The zero-order valence-electron chi connectivity index (χ0n) is 18.5. The molecule has 0 radical (unpaired) electrons. The second kappa shape index (κ2) is 10.3. The van der Waals surface area contributed by atoms with Gasteiger partial charge in [0.1, 0.15) is 5.00 Å². The third-order valence-electron chi connectivity index (χ3n) is 6.16. The first-order chi connectivity index (χ1) is 15.6. The van der Waals surface area contributed by atoms with E-state index in [1.807, 2.05) is 6.92 Å². The third kappa shape index (κ3) is 4.85. The zero-order valence-corrected chi connectivity index (χ0v) is 19.3. The molecule has 3 amide bonds. The van der Waals surface area contributed by atoms with Crippen molar-refractivity contribution < 1.29 is 14.4 Å². The lowest BCUT2D eigenvalue weighted by molar-refractivity contribution is -0.126. The quantitative estimate of drug-likeness (QED) is 0.697. The summed E-state index contributed by atoms with van der Waals surface area (Å²) in [5.74, 6) is -0.482. The van der Waals surface area contributed by atoms with E-state index in [4.69, 9.17) is 0 Å². The summed E-state index contributed by atoms with van der Waals surface area (Å²) < 4.78 is 0. The maximum Gasteiger partial charge on any atom is 0.257 e. The first-order valence-electron chi connectivity index (χ1n) is 11.5. The smallest absolute Gasteiger partial charge is 0.257 e. The summed E-state index contributed by atoms with van der Waals surface area (Å²) in [5.41, 5.74) is 2.16. The van der Waals surface area contributed by atoms with Gasteiger partial charge in [-0.15, -0.1) is 11.3 Å². The Labute approximate surface area is 192 Å². The van der Waals surface area contributed by atoms with Gasteiger partial charge in [0.2, 0.25) is 5.91 Å². The number of piperidine rings is 1. The van der Waals surface area contributed by atoms with E-state index in [1.165, 1.54) is 22.4 Å². The Balaban J connectivity index is 1.57. The van der Waals surface area contributed by atoms with Gasteiger partial charge in [0.15, 0.2) is 0 Å². The largest absolute Gasteiger partial charge is 0.356 e. The lowest BCUT2D eigenvalue weighted by Crippen LogP contribution is -2.45. The van der Waals surface area contributed by atoms with E-state index in [-0.39, 0.29) is 23.6 Å². The summed E-state index contributed by atoms with van der Waals surface area (Å²) in [5, 5.41) is 6.56. The van der Waals surface area contributed by atoms with Crippen molar-refractivity contribution in [1.82, 2.24) is 15.2 Å². The zero-order chi connectivity index (χ0) is 22.5. The van der Waals surface area contributed by atoms with Gasteiger partial charge in [-0.2, -0.15) is 0 Å². The molecule has 1 saturated heterocycles. The van der Waals surface area contributed by atoms with E-state index in [1.54, 1.807) is 23.2 Å². The maximum absolute atomic E-state index is 13.7. The second-order valence-corrected chi connectivity index (χ2v) is 9.60. The van der Waals surface area contributed by atoms with Crippen LogP contribution in [0.15, 0.2) is 24.5 Å². The topological polar surface area (TPSA) is 91.4 Å². The molecule has 2 N–H and O–H groups in total. The highest BCUT2D eigenvalue weighted by Crippen LogP contribution is 2.39. The molecule has 32 heavy (non-hydrogen) atoms. The van der Waals surface area contributed by atoms with Gasteiger partial charge in [0, 0.05) is 36.9 Å². The molecular formula is C24H30N4O3S. The van der Waals surface area contributed by atoms with Crippen molar-refractivity contribution >= 4 is 34.1 Å². The number of carbonyl (C=O) groups is 3. The summed E-state index contributed by atoms with van der Waals surface area (Å²) in [4.78, 5) is 46.0. The number of likely N-dealkylation sites (tertiary alicyclic amines) is 1. The third-order valence-corrected chi connectivity index (χ3v) is 7.37. The highest BCUT2D eigenvalue weighted by molar-refractivity contribution is 7.17. The number of fused-ring (bicyclic) bond motifs is 1. The number of rotatable bonds is 6. The Kier molecular flexibility index (Phi) is 7.19. The van der Waals surface area contributed by atoms with Crippen LogP contribution >= 0.6 is 11.3 Å². The Morgan fingerprint density at radius 3 is 2.84 bits per heavy atom. The molecule has 1 atom stereocenters. The molecule has 0 saturated carbocycles. The molecule has 3 heterocycles. The molecule has 1 unspecified atom stereocenters. The predicted molar refractivity (Wildman–Crippen MR) is 125 cm³/mol.